The zero-order valence-corrected chi connectivity index (χ0v) is 10.0. The van der Waals surface area contributed by atoms with Crippen LogP contribution in [0.5, 0.6) is 5.75 Å². The van der Waals surface area contributed by atoms with E-state index in [1.807, 2.05) is 13.1 Å². The minimum atomic E-state index is 0.574. The van der Waals surface area contributed by atoms with E-state index >= 15 is 0 Å². The summed E-state index contributed by atoms with van der Waals surface area (Å²) in [5, 5.41) is 0. The Balaban J connectivity index is 2.96. The predicted molar refractivity (Wildman–Crippen MR) is 63.0 cm³/mol. The van der Waals surface area contributed by atoms with Crippen molar-refractivity contribution in [3.05, 3.63) is 28.8 Å². The number of nitrogens with two attached hydrogens (primary N) is 1. The first-order valence-corrected chi connectivity index (χ1v) is 5.11. The highest BCUT2D eigenvalue weighted by Crippen LogP contribution is 2.24. The van der Waals surface area contributed by atoms with E-state index in [1.54, 1.807) is 7.11 Å². The van der Waals surface area contributed by atoms with Crippen molar-refractivity contribution in [2.75, 3.05) is 20.8 Å². The number of benzene rings is 1. The van der Waals surface area contributed by atoms with Gasteiger partial charge in [0.15, 0.2) is 0 Å². The van der Waals surface area contributed by atoms with Gasteiger partial charge in [-0.05, 0) is 43.7 Å². The highest BCUT2D eigenvalue weighted by Gasteiger charge is 2.07. The SMILES string of the molecule is COc1ccc(CN(C)CN)c(C)c1C. The van der Waals surface area contributed by atoms with Crippen LogP contribution in [0.4, 0.5) is 0 Å². The molecule has 0 heterocycles. The molecule has 0 amide bonds. The molecule has 0 aliphatic carbocycles. The molecule has 0 unspecified atom stereocenters. The van der Waals surface area contributed by atoms with E-state index in [-0.39, 0.29) is 0 Å². The van der Waals surface area contributed by atoms with Gasteiger partial charge in [-0.1, -0.05) is 6.07 Å². The fourth-order valence-corrected chi connectivity index (χ4v) is 1.60. The van der Waals surface area contributed by atoms with Gasteiger partial charge >= 0.3 is 0 Å². The summed E-state index contributed by atoms with van der Waals surface area (Å²) in [6.45, 7) is 5.66. The first kappa shape index (κ1) is 12.0. The van der Waals surface area contributed by atoms with Gasteiger partial charge in [0.05, 0.1) is 7.11 Å². The zero-order valence-electron chi connectivity index (χ0n) is 10.0. The lowest BCUT2D eigenvalue weighted by Crippen LogP contribution is -2.25. The fraction of sp³-hybridized carbons (Fsp3) is 0.500. The lowest BCUT2D eigenvalue weighted by Gasteiger charge is -2.17. The molecule has 0 saturated carbocycles. The molecule has 2 N–H and O–H groups in total. The number of hydrogen-bond donors (Lipinski definition) is 1. The van der Waals surface area contributed by atoms with Crippen LogP contribution in [-0.2, 0) is 6.54 Å². The lowest BCUT2D eigenvalue weighted by molar-refractivity contribution is 0.336. The molecule has 0 atom stereocenters. The molecule has 1 aromatic rings. The first-order chi connectivity index (χ1) is 7.10. The van der Waals surface area contributed by atoms with Crippen LogP contribution in [0, 0.1) is 13.8 Å². The van der Waals surface area contributed by atoms with Crippen molar-refractivity contribution in [1.82, 2.24) is 4.90 Å². The molecular formula is C12H20N2O. The minimum Gasteiger partial charge on any atom is -0.496 e. The summed E-state index contributed by atoms with van der Waals surface area (Å²) in [7, 11) is 3.71. The molecule has 0 aliphatic heterocycles. The van der Waals surface area contributed by atoms with Gasteiger partial charge in [0, 0.05) is 13.2 Å². The summed E-state index contributed by atoms with van der Waals surface area (Å²) in [6, 6.07) is 4.12. The largest absolute Gasteiger partial charge is 0.496 e. The molecule has 0 spiro atoms. The Kier molecular flexibility index (Phi) is 4.12. The van der Waals surface area contributed by atoms with Crippen LogP contribution in [0.15, 0.2) is 12.1 Å². The smallest absolute Gasteiger partial charge is 0.122 e. The molecule has 0 saturated heterocycles. The second-order valence-electron chi connectivity index (χ2n) is 3.87. The normalized spacial score (nSPS) is 10.8. The van der Waals surface area contributed by atoms with Crippen molar-refractivity contribution in [3.63, 3.8) is 0 Å². The highest BCUT2D eigenvalue weighted by atomic mass is 16.5. The van der Waals surface area contributed by atoms with Crippen molar-refractivity contribution < 1.29 is 4.74 Å². The van der Waals surface area contributed by atoms with Gasteiger partial charge in [-0.2, -0.15) is 0 Å². The molecule has 15 heavy (non-hydrogen) atoms. The van der Waals surface area contributed by atoms with E-state index in [0.717, 1.165) is 12.3 Å². The van der Waals surface area contributed by atoms with Gasteiger partial charge in [0.1, 0.15) is 5.75 Å². The molecule has 3 heteroatoms. The van der Waals surface area contributed by atoms with E-state index < -0.39 is 0 Å². The van der Waals surface area contributed by atoms with Gasteiger partial charge in [-0.15, -0.1) is 0 Å². The van der Waals surface area contributed by atoms with Gasteiger partial charge in [-0.3, -0.25) is 4.90 Å². The molecule has 0 aliphatic rings. The van der Waals surface area contributed by atoms with Crippen LogP contribution < -0.4 is 10.5 Å². The zero-order chi connectivity index (χ0) is 11.4. The van der Waals surface area contributed by atoms with Crippen molar-refractivity contribution in [1.29, 1.82) is 0 Å². The van der Waals surface area contributed by atoms with E-state index in [1.165, 1.54) is 16.7 Å². The van der Waals surface area contributed by atoms with Crippen molar-refractivity contribution in [2.45, 2.75) is 20.4 Å². The average molecular weight is 208 g/mol. The first-order valence-electron chi connectivity index (χ1n) is 5.11. The summed E-state index contributed by atoms with van der Waals surface area (Å²) in [6.07, 6.45) is 0. The van der Waals surface area contributed by atoms with Gasteiger partial charge in [0.25, 0.3) is 0 Å². The molecule has 84 valence electrons. The summed E-state index contributed by atoms with van der Waals surface area (Å²) >= 11 is 0. The summed E-state index contributed by atoms with van der Waals surface area (Å²) in [4.78, 5) is 2.08. The van der Waals surface area contributed by atoms with Crippen LogP contribution in [0.25, 0.3) is 0 Å². The van der Waals surface area contributed by atoms with Crippen LogP contribution >= 0.6 is 0 Å². The number of methoxy groups -OCH3 is 1. The van der Waals surface area contributed by atoms with E-state index in [2.05, 4.69) is 24.8 Å². The summed E-state index contributed by atoms with van der Waals surface area (Å²) < 4.78 is 5.27. The standard InChI is InChI=1S/C12H20N2O/c1-9-10(2)12(15-4)6-5-11(9)7-14(3)8-13/h5-6H,7-8,13H2,1-4H3. The van der Waals surface area contributed by atoms with E-state index in [9.17, 15) is 0 Å². The third kappa shape index (κ3) is 2.70. The summed E-state index contributed by atoms with van der Waals surface area (Å²) in [5.74, 6) is 0.951. The van der Waals surface area contributed by atoms with Gasteiger partial charge in [-0.25, -0.2) is 0 Å². The Hall–Kier alpha value is -1.06. The molecule has 1 rings (SSSR count). The highest BCUT2D eigenvalue weighted by molar-refractivity contribution is 5.43. The molecular weight excluding hydrogens is 188 g/mol. The fourth-order valence-electron chi connectivity index (χ4n) is 1.60. The Morgan fingerprint density at radius 3 is 2.47 bits per heavy atom. The lowest BCUT2D eigenvalue weighted by atomic mass is 10.0. The van der Waals surface area contributed by atoms with Gasteiger partial charge in [0.2, 0.25) is 0 Å². The molecule has 1 aromatic carbocycles. The summed E-state index contributed by atoms with van der Waals surface area (Å²) in [5.41, 5.74) is 9.37. The molecule has 0 fully saturated rings. The maximum Gasteiger partial charge on any atom is 0.122 e. The predicted octanol–water partition coefficient (Wildman–Crippen LogP) is 1.66. The van der Waals surface area contributed by atoms with Crippen LogP contribution in [0.3, 0.4) is 0 Å². The van der Waals surface area contributed by atoms with E-state index in [4.69, 9.17) is 10.5 Å². The number of ether oxygens (including phenoxy) is 1. The van der Waals surface area contributed by atoms with Gasteiger partial charge < -0.3 is 10.5 Å². The Morgan fingerprint density at radius 1 is 1.27 bits per heavy atom. The second kappa shape index (κ2) is 5.14. The van der Waals surface area contributed by atoms with Crippen molar-refractivity contribution in [3.8, 4) is 5.75 Å². The maximum atomic E-state index is 5.57. The molecule has 0 bridgehead atoms. The third-order valence-corrected chi connectivity index (χ3v) is 2.82. The Labute approximate surface area is 91.8 Å². The minimum absolute atomic E-state index is 0.574. The number of hydrogen-bond acceptors (Lipinski definition) is 3. The number of rotatable bonds is 4. The monoisotopic (exact) mass is 208 g/mol. The third-order valence-electron chi connectivity index (χ3n) is 2.82. The molecule has 0 aromatic heterocycles. The molecule has 0 radical (unpaired) electrons. The Morgan fingerprint density at radius 2 is 1.93 bits per heavy atom. The van der Waals surface area contributed by atoms with E-state index in [0.29, 0.717) is 6.67 Å². The van der Waals surface area contributed by atoms with Crippen molar-refractivity contribution >= 4 is 0 Å². The average Bonchev–Trinajstić information content (AvgIpc) is 2.25. The quantitative estimate of drug-likeness (QED) is 0.765. The van der Waals surface area contributed by atoms with Crippen molar-refractivity contribution in [2.24, 2.45) is 5.73 Å². The van der Waals surface area contributed by atoms with Crippen LogP contribution in [-0.4, -0.2) is 25.7 Å². The van der Waals surface area contributed by atoms with Crippen LogP contribution in [0.2, 0.25) is 0 Å². The topological polar surface area (TPSA) is 38.5 Å². The number of nitrogens with zero attached hydrogens (tertiary/aromatic N) is 1. The van der Waals surface area contributed by atoms with Crippen LogP contribution in [0.1, 0.15) is 16.7 Å². The Bertz CT molecular complexity index is 337. The molecule has 3 nitrogen and oxygen atoms in total. The second-order valence-corrected chi connectivity index (χ2v) is 3.87. The maximum absolute atomic E-state index is 5.57.